The summed E-state index contributed by atoms with van der Waals surface area (Å²) in [5.41, 5.74) is 0. The van der Waals surface area contributed by atoms with Crippen LogP contribution < -0.4 is 0 Å². The smallest absolute Gasteiger partial charge is 0.264 e. The SMILES string of the molecule is CC(C)CCCC(C)CCCC(C)CCCC(C)CCC[N+](C)(C)CCCCS(=O)(=O)O. The molecular weight excluding hydrogens is 418 g/mol. The quantitative estimate of drug-likeness (QED) is 0.105. The van der Waals surface area contributed by atoms with Crippen molar-refractivity contribution in [1.82, 2.24) is 0 Å². The highest BCUT2D eigenvalue weighted by Gasteiger charge is 2.16. The maximum atomic E-state index is 10.8. The van der Waals surface area contributed by atoms with Crippen LogP contribution >= 0.6 is 0 Å². The molecule has 0 fully saturated rings. The van der Waals surface area contributed by atoms with Gasteiger partial charge in [0.15, 0.2) is 0 Å². The van der Waals surface area contributed by atoms with Gasteiger partial charge in [0.05, 0.1) is 32.9 Å². The van der Waals surface area contributed by atoms with Crippen LogP contribution in [0.25, 0.3) is 0 Å². The average molecular weight is 477 g/mol. The van der Waals surface area contributed by atoms with Crippen molar-refractivity contribution in [2.75, 3.05) is 32.9 Å². The highest BCUT2D eigenvalue weighted by Crippen LogP contribution is 2.23. The van der Waals surface area contributed by atoms with E-state index < -0.39 is 10.1 Å². The van der Waals surface area contributed by atoms with Gasteiger partial charge in [-0.15, -0.1) is 0 Å². The Morgan fingerprint density at radius 3 is 1.38 bits per heavy atom. The third-order valence-corrected chi connectivity index (χ3v) is 7.95. The fourth-order valence-corrected chi connectivity index (χ4v) is 5.31. The Balaban J connectivity index is 3.75. The molecule has 0 aromatic carbocycles. The Morgan fingerprint density at radius 2 is 0.969 bits per heavy atom. The van der Waals surface area contributed by atoms with E-state index in [-0.39, 0.29) is 5.75 Å². The molecule has 0 spiro atoms. The molecule has 3 unspecified atom stereocenters. The van der Waals surface area contributed by atoms with Crippen molar-refractivity contribution in [3.63, 3.8) is 0 Å². The fourth-order valence-electron chi connectivity index (χ4n) is 4.74. The molecule has 1 N–H and O–H groups in total. The summed E-state index contributed by atoms with van der Waals surface area (Å²) in [6, 6.07) is 0. The number of hydrogen-bond donors (Lipinski definition) is 1. The van der Waals surface area contributed by atoms with Gasteiger partial charge in [-0.2, -0.15) is 8.42 Å². The molecular formula is C27H58NO3S+. The Bertz CT molecular complexity index is 545. The third kappa shape index (κ3) is 21.7. The molecule has 0 aromatic heterocycles. The van der Waals surface area contributed by atoms with Crippen LogP contribution in [0.4, 0.5) is 0 Å². The minimum Gasteiger partial charge on any atom is -0.328 e. The van der Waals surface area contributed by atoms with Gasteiger partial charge in [0.25, 0.3) is 10.1 Å². The standard InChI is InChI=1S/C27H57NO3S/c1-24(2)14-10-15-25(3)16-11-17-26(4)18-12-19-27(5)20-13-22-28(6,7)21-8-9-23-32(29,30)31/h24-27H,8-23H2,1-7H3/p+1. The maximum absolute atomic E-state index is 10.8. The highest BCUT2D eigenvalue weighted by molar-refractivity contribution is 7.85. The van der Waals surface area contributed by atoms with Gasteiger partial charge in [0, 0.05) is 0 Å². The Hall–Kier alpha value is -0.130. The number of unbranched alkanes of at least 4 members (excludes halogenated alkanes) is 1. The molecule has 194 valence electrons. The van der Waals surface area contributed by atoms with E-state index >= 15 is 0 Å². The summed E-state index contributed by atoms with van der Waals surface area (Å²) in [6.45, 7) is 14.0. The van der Waals surface area contributed by atoms with E-state index in [0.717, 1.165) is 47.7 Å². The van der Waals surface area contributed by atoms with Crippen molar-refractivity contribution in [2.45, 2.75) is 118 Å². The second kappa shape index (κ2) is 17.3. The lowest BCUT2D eigenvalue weighted by Gasteiger charge is -2.30. The molecule has 0 aromatic rings. The van der Waals surface area contributed by atoms with Crippen molar-refractivity contribution >= 4 is 10.1 Å². The zero-order valence-electron chi connectivity index (χ0n) is 22.7. The molecule has 5 heteroatoms. The number of hydrogen-bond acceptors (Lipinski definition) is 2. The van der Waals surface area contributed by atoms with Crippen LogP contribution in [0, 0.1) is 23.7 Å². The van der Waals surface area contributed by atoms with Crippen LogP contribution in [0.3, 0.4) is 0 Å². The van der Waals surface area contributed by atoms with Crippen LogP contribution in [0.2, 0.25) is 0 Å². The highest BCUT2D eigenvalue weighted by atomic mass is 32.2. The molecule has 0 rings (SSSR count). The van der Waals surface area contributed by atoms with E-state index in [9.17, 15) is 8.42 Å². The van der Waals surface area contributed by atoms with E-state index in [1.165, 1.54) is 70.6 Å². The normalized spacial score (nSPS) is 15.8. The third-order valence-electron chi connectivity index (χ3n) is 7.14. The lowest BCUT2D eigenvalue weighted by atomic mass is 9.90. The van der Waals surface area contributed by atoms with Gasteiger partial charge < -0.3 is 4.48 Å². The summed E-state index contributed by atoms with van der Waals surface area (Å²) in [7, 11) is 0.646. The minimum absolute atomic E-state index is 0.111. The molecule has 0 aliphatic rings. The summed E-state index contributed by atoms with van der Waals surface area (Å²) in [5, 5.41) is 0. The van der Waals surface area contributed by atoms with E-state index in [0.29, 0.717) is 6.42 Å². The van der Waals surface area contributed by atoms with Gasteiger partial charge in [-0.25, -0.2) is 0 Å². The van der Waals surface area contributed by atoms with Gasteiger partial charge in [0.2, 0.25) is 0 Å². The molecule has 0 heterocycles. The Morgan fingerprint density at radius 1 is 0.594 bits per heavy atom. The number of nitrogens with zero attached hydrogens (tertiary/aromatic N) is 1. The van der Waals surface area contributed by atoms with E-state index in [4.69, 9.17) is 4.55 Å². The molecule has 4 nitrogen and oxygen atoms in total. The first kappa shape index (κ1) is 31.9. The summed E-state index contributed by atoms with van der Waals surface area (Å²) in [5.74, 6) is 3.29. The first-order valence-electron chi connectivity index (χ1n) is 13.6. The van der Waals surface area contributed by atoms with Crippen LogP contribution in [0.1, 0.15) is 118 Å². The summed E-state index contributed by atoms with van der Waals surface area (Å²) < 4.78 is 31.4. The largest absolute Gasteiger partial charge is 0.328 e. The minimum atomic E-state index is -3.81. The zero-order chi connectivity index (χ0) is 24.6. The molecule has 0 amide bonds. The van der Waals surface area contributed by atoms with E-state index in [2.05, 4.69) is 48.7 Å². The van der Waals surface area contributed by atoms with Crippen LogP contribution in [-0.2, 0) is 10.1 Å². The fraction of sp³-hybridized carbons (Fsp3) is 1.00. The molecule has 0 aliphatic heterocycles. The predicted molar refractivity (Wildman–Crippen MR) is 141 cm³/mol. The molecule has 0 saturated heterocycles. The first-order chi connectivity index (χ1) is 14.8. The van der Waals surface area contributed by atoms with Gasteiger partial charge in [-0.1, -0.05) is 92.4 Å². The average Bonchev–Trinajstić information content (AvgIpc) is 2.64. The van der Waals surface area contributed by atoms with Crippen molar-refractivity contribution in [3.8, 4) is 0 Å². The van der Waals surface area contributed by atoms with Crippen molar-refractivity contribution in [1.29, 1.82) is 0 Å². The molecule has 0 aliphatic carbocycles. The second-order valence-electron chi connectivity index (χ2n) is 12.0. The molecule has 32 heavy (non-hydrogen) atoms. The Kier molecular flexibility index (Phi) is 17.3. The van der Waals surface area contributed by atoms with E-state index in [1.807, 2.05) is 0 Å². The first-order valence-corrected chi connectivity index (χ1v) is 15.2. The van der Waals surface area contributed by atoms with Crippen molar-refractivity contribution < 1.29 is 17.5 Å². The summed E-state index contributed by atoms with van der Waals surface area (Å²) in [6.07, 6.45) is 16.4. The number of rotatable bonds is 21. The summed E-state index contributed by atoms with van der Waals surface area (Å²) in [4.78, 5) is 0. The van der Waals surface area contributed by atoms with E-state index in [1.54, 1.807) is 0 Å². The van der Waals surface area contributed by atoms with Crippen LogP contribution in [0.15, 0.2) is 0 Å². The topological polar surface area (TPSA) is 54.4 Å². The van der Waals surface area contributed by atoms with Gasteiger partial charge in [-0.3, -0.25) is 4.55 Å². The summed E-state index contributed by atoms with van der Waals surface area (Å²) >= 11 is 0. The molecule has 0 radical (unpaired) electrons. The monoisotopic (exact) mass is 476 g/mol. The van der Waals surface area contributed by atoms with Gasteiger partial charge in [-0.05, 0) is 49.4 Å². The molecule has 3 atom stereocenters. The van der Waals surface area contributed by atoms with Crippen LogP contribution in [0.5, 0.6) is 0 Å². The number of quaternary nitrogens is 1. The van der Waals surface area contributed by atoms with Gasteiger partial charge >= 0.3 is 0 Å². The lowest BCUT2D eigenvalue weighted by Crippen LogP contribution is -2.41. The lowest BCUT2D eigenvalue weighted by molar-refractivity contribution is -0.890. The molecule has 0 saturated carbocycles. The van der Waals surface area contributed by atoms with Crippen molar-refractivity contribution in [3.05, 3.63) is 0 Å². The predicted octanol–water partition coefficient (Wildman–Crippen LogP) is 7.59. The van der Waals surface area contributed by atoms with Gasteiger partial charge in [0.1, 0.15) is 0 Å². The Labute approximate surface area is 202 Å². The van der Waals surface area contributed by atoms with Crippen molar-refractivity contribution in [2.24, 2.45) is 23.7 Å². The zero-order valence-corrected chi connectivity index (χ0v) is 23.6. The maximum Gasteiger partial charge on any atom is 0.264 e. The van der Waals surface area contributed by atoms with Crippen LogP contribution in [-0.4, -0.2) is 50.4 Å². The molecule has 0 bridgehead atoms. The second-order valence-corrected chi connectivity index (χ2v) is 13.6.